The molecule has 2 N–H and O–H groups in total. The Balaban J connectivity index is 1.67. The molecule has 16 heavy (non-hydrogen) atoms. The highest BCUT2D eigenvalue weighted by atomic mass is 32.1. The Morgan fingerprint density at radius 3 is 3.00 bits per heavy atom. The molecule has 0 bridgehead atoms. The van der Waals surface area contributed by atoms with Gasteiger partial charge in [0.2, 0.25) is 0 Å². The highest BCUT2D eigenvalue weighted by Crippen LogP contribution is 2.28. The number of hydrogen-bond acceptors (Lipinski definition) is 2. The van der Waals surface area contributed by atoms with Gasteiger partial charge in [-0.15, -0.1) is 11.3 Å². The molecule has 4 heteroatoms. The van der Waals surface area contributed by atoms with Crippen LogP contribution in [0.2, 0.25) is 0 Å². The lowest BCUT2D eigenvalue weighted by molar-refractivity contribution is 0.760. The maximum absolute atomic E-state index is 4.22. The maximum Gasteiger partial charge on any atom is 0.191 e. The third-order valence-electron chi connectivity index (χ3n) is 2.90. The van der Waals surface area contributed by atoms with Crippen LogP contribution in [0.25, 0.3) is 0 Å². The quantitative estimate of drug-likeness (QED) is 0.619. The number of thiophene rings is 1. The highest BCUT2D eigenvalue weighted by molar-refractivity contribution is 7.09. The lowest BCUT2D eigenvalue weighted by Gasteiger charge is -2.10. The van der Waals surface area contributed by atoms with Crippen molar-refractivity contribution in [1.82, 2.24) is 10.6 Å². The van der Waals surface area contributed by atoms with Crippen LogP contribution < -0.4 is 10.6 Å². The molecule has 0 amide bonds. The maximum atomic E-state index is 4.22. The third-order valence-corrected chi connectivity index (χ3v) is 3.84. The summed E-state index contributed by atoms with van der Waals surface area (Å²) >= 11 is 1.81. The number of nitrogens with zero attached hydrogens (tertiary/aromatic N) is 1. The zero-order valence-corrected chi connectivity index (χ0v) is 10.7. The van der Waals surface area contributed by atoms with Gasteiger partial charge >= 0.3 is 0 Å². The first-order valence-electron chi connectivity index (χ1n) is 5.79. The molecule has 0 aliphatic heterocycles. The van der Waals surface area contributed by atoms with Crippen molar-refractivity contribution in [3.8, 4) is 0 Å². The fourth-order valence-corrected chi connectivity index (χ4v) is 2.36. The zero-order valence-electron chi connectivity index (χ0n) is 9.86. The Labute approximate surface area is 101 Å². The van der Waals surface area contributed by atoms with Crippen LogP contribution >= 0.6 is 11.3 Å². The first-order valence-corrected chi connectivity index (χ1v) is 6.67. The summed E-state index contributed by atoms with van der Waals surface area (Å²) in [6.45, 7) is 3.21. The molecule has 2 unspecified atom stereocenters. The highest BCUT2D eigenvalue weighted by Gasteiger charge is 2.33. The van der Waals surface area contributed by atoms with E-state index in [9.17, 15) is 0 Å². The van der Waals surface area contributed by atoms with E-state index in [1.54, 1.807) is 0 Å². The molecule has 0 spiro atoms. The topological polar surface area (TPSA) is 36.4 Å². The van der Waals surface area contributed by atoms with E-state index in [2.05, 4.69) is 40.1 Å². The first-order chi connectivity index (χ1) is 7.79. The van der Waals surface area contributed by atoms with Gasteiger partial charge in [0.25, 0.3) is 0 Å². The van der Waals surface area contributed by atoms with E-state index in [0.29, 0.717) is 6.04 Å². The van der Waals surface area contributed by atoms with Crippen LogP contribution in [0, 0.1) is 5.92 Å². The molecule has 1 aliphatic rings. The van der Waals surface area contributed by atoms with E-state index >= 15 is 0 Å². The molecule has 1 fully saturated rings. The fraction of sp³-hybridized carbons (Fsp3) is 0.583. The van der Waals surface area contributed by atoms with Gasteiger partial charge in [-0.05, 0) is 30.2 Å². The third kappa shape index (κ3) is 3.23. The molecule has 1 aliphatic carbocycles. The van der Waals surface area contributed by atoms with Crippen LogP contribution in [0.3, 0.4) is 0 Å². The lowest BCUT2D eigenvalue weighted by atomic mass is 10.3. The molecule has 0 radical (unpaired) electrons. The SMILES string of the molecule is CN=C(NCCc1cccs1)NC1CC1C. The van der Waals surface area contributed by atoms with Gasteiger partial charge in [0.1, 0.15) is 0 Å². The van der Waals surface area contributed by atoms with E-state index in [-0.39, 0.29) is 0 Å². The van der Waals surface area contributed by atoms with Crippen molar-refractivity contribution in [1.29, 1.82) is 0 Å². The number of nitrogens with one attached hydrogen (secondary N) is 2. The van der Waals surface area contributed by atoms with Crippen molar-refractivity contribution in [3.63, 3.8) is 0 Å². The van der Waals surface area contributed by atoms with Crippen molar-refractivity contribution in [2.45, 2.75) is 25.8 Å². The summed E-state index contributed by atoms with van der Waals surface area (Å²) < 4.78 is 0. The molecule has 0 saturated heterocycles. The summed E-state index contributed by atoms with van der Waals surface area (Å²) in [6.07, 6.45) is 2.34. The average molecular weight is 237 g/mol. The Morgan fingerprint density at radius 2 is 2.44 bits per heavy atom. The number of guanidine groups is 1. The predicted molar refractivity (Wildman–Crippen MR) is 70.1 cm³/mol. The largest absolute Gasteiger partial charge is 0.356 e. The van der Waals surface area contributed by atoms with E-state index < -0.39 is 0 Å². The molecular formula is C12H19N3S. The van der Waals surface area contributed by atoms with E-state index in [0.717, 1.165) is 24.8 Å². The van der Waals surface area contributed by atoms with Crippen LogP contribution in [0.1, 0.15) is 18.2 Å². The number of hydrogen-bond donors (Lipinski definition) is 2. The summed E-state index contributed by atoms with van der Waals surface area (Å²) in [5.41, 5.74) is 0. The van der Waals surface area contributed by atoms with Gasteiger partial charge < -0.3 is 10.6 Å². The van der Waals surface area contributed by atoms with Gasteiger partial charge in [-0.25, -0.2) is 0 Å². The van der Waals surface area contributed by atoms with Gasteiger partial charge in [-0.2, -0.15) is 0 Å². The second-order valence-corrected chi connectivity index (χ2v) is 5.32. The molecule has 2 rings (SSSR count). The molecule has 1 saturated carbocycles. The smallest absolute Gasteiger partial charge is 0.191 e. The van der Waals surface area contributed by atoms with E-state index in [1.165, 1.54) is 11.3 Å². The monoisotopic (exact) mass is 237 g/mol. The number of rotatable bonds is 4. The fourth-order valence-electron chi connectivity index (χ4n) is 1.65. The van der Waals surface area contributed by atoms with Crippen LogP contribution in [0.5, 0.6) is 0 Å². The summed E-state index contributed by atoms with van der Waals surface area (Å²) in [7, 11) is 1.83. The molecule has 3 nitrogen and oxygen atoms in total. The van der Waals surface area contributed by atoms with Gasteiger partial charge in [0, 0.05) is 24.5 Å². The summed E-state index contributed by atoms with van der Waals surface area (Å²) in [5.74, 6) is 1.74. The van der Waals surface area contributed by atoms with Crippen LogP contribution in [0.4, 0.5) is 0 Å². The first kappa shape index (κ1) is 11.5. The summed E-state index contributed by atoms with van der Waals surface area (Å²) in [6, 6.07) is 4.90. The average Bonchev–Trinajstić information content (AvgIpc) is 2.79. The Kier molecular flexibility index (Phi) is 3.83. The summed E-state index contributed by atoms with van der Waals surface area (Å²) in [5, 5.41) is 8.88. The van der Waals surface area contributed by atoms with Crippen molar-refractivity contribution < 1.29 is 0 Å². The van der Waals surface area contributed by atoms with Crippen molar-refractivity contribution in [2.24, 2.45) is 10.9 Å². The van der Waals surface area contributed by atoms with E-state index in [1.807, 2.05) is 18.4 Å². The lowest BCUT2D eigenvalue weighted by Crippen LogP contribution is -2.39. The molecular weight excluding hydrogens is 218 g/mol. The Hall–Kier alpha value is -1.03. The van der Waals surface area contributed by atoms with Gasteiger partial charge in [-0.3, -0.25) is 4.99 Å². The van der Waals surface area contributed by atoms with Gasteiger partial charge in [-0.1, -0.05) is 13.0 Å². The molecule has 1 aromatic rings. The Morgan fingerprint density at radius 1 is 1.62 bits per heavy atom. The van der Waals surface area contributed by atoms with Crippen LogP contribution in [0.15, 0.2) is 22.5 Å². The minimum absolute atomic E-state index is 0.632. The minimum atomic E-state index is 0.632. The minimum Gasteiger partial charge on any atom is -0.356 e. The van der Waals surface area contributed by atoms with Crippen LogP contribution in [-0.4, -0.2) is 25.6 Å². The predicted octanol–water partition coefficient (Wildman–Crippen LogP) is 1.86. The number of aliphatic imine (C=N–C) groups is 1. The second kappa shape index (κ2) is 5.34. The molecule has 1 aromatic heterocycles. The molecule has 0 aromatic carbocycles. The molecule has 2 atom stereocenters. The van der Waals surface area contributed by atoms with Crippen molar-refractivity contribution in [2.75, 3.05) is 13.6 Å². The van der Waals surface area contributed by atoms with Crippen molar-refractivity contribution >= 4 is 17.3 Å². The van der Waals surface area contributed by atoms with Gasteiger partial charge in [0.05, 0.1) is 0 Å². The standard InChI is InChI=1S/C12H19N3S/c1-9-8-11(9)15-12(13-2)14-6-5-10-4-3-7-16-10/h3-4,7,9,11H,5-6,8H2,1-2H3,(H2,13,14,15). The van der Waals surface area contributed by atoms with Gasteiger partial charge in [0.15, 0.2) is 5.96 Å². The van der Waals surface area contributed by atoms with E-state index in [4.69, 9.17) is 0 Å². The summed E-state index contributed by atoms with van der Waals surface area (Å²) in [4.78, 5) is 5.64. The zero-order chi connectivity index (χ0) is 11.4. The molecule has 1 heterocycles. The second-order valence-electron chi connectivity index (χ2n) is 4.29. The Bertz CT molecular complexity index is 345. The van der Waals surface area contributed by atoms with Crippen LogP contribution in [-0.2, 0) is 6.42 Å². The van der Waals surface area contributed by atoms with Crippen molar-refractivity contribution in [3.05, 3.63) is 22.4 Å². The normalized spacial score (nSPS) is 24.2. The molecule has 88 valence electrons.